The Labute approximate surface area is 180 Å². The van der Waals surface area contributed by atoms with Gasteiger partial charge in [0.1, 0.15) is 11.5 Å². The maximum atomic E-state index is 5.58. The molecule has 3 rings (SSSR count). The molecule has 2 aromatic rings. The highest BCUT2D eigenvalue weighted by molar-refractivity contribution is 5.85. The van der Waals surface area contributed by atoms with E-state index in [1.54, 1.807) is 28.4 Å². The van der Waals surface area contributed by atoms with Gasteiger partial charge in [0.2, 0.25) is 0 Å². The Morgan fingerprint density at radius 3 is 2.14 bits per heavy atom. The average molecular weight is 422 g/mol. The zero-order valence-electron chi connectivity index (χ0n) is 18.2. The fourth-order valence-electron chi connectivity index (χ4n) is 4.04. The predicted molar refractivity (Wildman–Crippen MR) is 118 cm³/mol. The van der Waals surface area contributed by atoms with Gasteiger partial charge in [-0.05, 0) is 53.3 Å². The third-order valence-corrected chi connectivity index (χ3v) is 5.58. The Morgan fingerprint density at radius 1 is 0.897 bits per heavy atom. The molecular weight excluding hydrogens is 390 g/mol. The molecule has 0 aromatic heterocycles. The van der Waals surface area contributed by atoms with Gasteiger partial charge in [-0.1, -0.05) is 13.8 Å². The van der Waals surface area contributed by atoms with Crippen LogP contribution in [0.25, 0.3) is 0 Å². The van der Waals surface area contributed by atoms with E-state index in [1.807, 2.05) is 12.1 Å². The molecule has 0 fully saturated rings. The van der Waals surface area contributed by atoms with Crippen LogP contribution in [0.3, 0.4) is 0 Å². The molecule has 0 aliphatic carbocycles. The summed E-state index contributed by atoms with van der Waals surface area (Å²) in [5.41, 5.74) is 3.79. The number of fused-ring (bicyclic) bond motifs is 1. The normalized spacial score (nSPS) is 16.0. The molecule has 0 radical (unpaired) electrons. The summed E-state index contributed by atoms with van der Waals surface area (Å²) in [7, 11) is 6.78. The molecule has 1 aliphatic heterocycles. The van der Waals surface area contributed by atoms with Gasteiger partial charge < -0.3 is 18.9 Å². The molecule has 0 spiro atoms. The summed E-state index contributed by atoms with van der Waals surface area (Å²) >= 11 is 0. The van der Waals surface area contributed by atoms with Crippen molar-refractivity contribution >= 4 is 12.4 Å². The van der Waals surface area contributed by atoms with Crippen molar-refractivity contribution in [2.24, 2.45) is 5.92 Å². The van der Waals surface area contributed by atoms with Crippen LogP contribution in [0.2, 0.25) is 0 Å². The van der Waals surface area contributed by atoms with Gasteiger partial charge >= 0.3 is 0 Å². The second kappa shape index (κ2) is 10.1. The summed E-state index contributed by atoms with van der Waals surface area (Å²) in [5.74, 6) is 4.27. The fraction of sp³-hybridized carbons (Fsp3) is 0.478. The summed E-state index contributed by atoms with van der Waals surface area (Å²) < 4.78 is 22.1. The maximum Gasteiger partial charge on any atom is 0.161 e. The molecule has 5 nitrogen and oxygen atoms in total. The van der Waals surface area contributed by atoms with Crippen LogP contribution in [0.5, 0.6) is 23.0 Å². The first-order valence-corrected chi connectivity index (χ1v) is 9.68. The zero-order valence-corrected chi connectivity index (χ0v) is 19.0. The fourth-order valence-corrected chi connectivity index (χ4v) is 4.04. The highest BCUT2D eigenvalue weighted by atomic mass is 35.5. The molecule has 160 valence electrons. The van der Waals surface area contributed by atoms with E-state index in [-0.39, 0.29) is 12.4 Å². The summed E-state index contributed by atoms with van der Waals surface area (Å²) in [5, 5.41) is 0. The van der Waals surface area contributed by atoms with E-state index in [0.29, 0.717) is 11.8 Å². The van der Waals surface area contributed by atoms with Crippen LogP contribution >= 0.6 is 12.4 Å². The van der Waals surface area contributed by atoms with Crippen molar-refractivity contribution in [1.29, 1.82) is 0 Å². The van der Waals surface area contributed by atoms with Crippen molar-refractivity contribution in [1.82, 2.24) is 4.90 Å². The smallest absolute Gasteiger partial charge is 0.161 e. The van der Waals surface area contributed by atoms with Crippen LogP contribution in [-0.2, 0) is 13.1 Å². The number of nitrogens with zero attached hydrogens (tertiary/aromatic N) is 1. The van der Waals surface area contributed by atoms with Crippen molar-refractivity contribution in [3.8, 4) is 23.0 Å². The third kappa shape index (κ3) is 4.90. The van der Waals surface area contributed by atoms with Gasteiger partial charge in [0, 0.05) is 25.2 Å². The lowest BCUT2D eigenvalue weighted by Gasteiger charge is -2.37. The molecule has 0 bridgehead atoms. The van der Waals surface area contributed by atoms with Crippen molar-refractivity contribution in [3.05, 3.63) is 47.0 Å². The molecule has 0 saturated carbocycles. The Bertz CT molecular complexity index is 825. The van der Waals surface area contributed by atoms with Gasteiger partial charge in [-0.25, -0.2) is 0 Å². The van der Waals surface area contributed by atoms with Gasteiger partial charge in [-0.2, -0.15) is 0 Å². The van der Waals surface area contributed by atoms with Crippen LogP contribution in [0.4, 0.5) is 0 Å². The second-order valence-corrected chi connectivity index (χ2v) is 7.60. The van der Waals surface area contributed by atoms with Gasteiger partial charge in [0.05, 0.1) is 28.4 Å². The number of rotatable bonds is 7. The lowest BCUT2D eigenvalue weighted by Crippen LogP contribution is -2.35. The number of benzene rings is 2. The quantitative estimate of drug-likeness (QED) is 0.636. The molecule has 0 N–H and O–H groups in total. The van der Waals surface area contributed by atoms with E-state index in [1.165, 1.54) is 11.1 Å². The lowest BCUT2D eigenvalue weighted by atomic mass is 9.82. The molecule has 1 unspecified atom stereocenters. The Morgan fingerprint density at radius 2 is 1.55 bits per heavy atom. The number of ether oxygens (including phenoxy) is 4. The highest BCUT2D eigenvalue weighted by Gasteiger charge is 2.29. The lowest BCUT2D eigenvalue weighted by molar-refractivity contribution is 0.198. The third-order valence-electron chi connectivity index (χ3n) is 5.58. The molecule has 29 heavy (non-hydrogen) atoms. The first-order valence-electron chi connectivity index (χ1n) is 9.68. The van der Waals surface area contributed by atoms with Gasteiger partial charge in [-0.15, -0.1) is 12.4 Å². The van der Waals surface area contributed by atoms with Gasteiger partial charge in [-0.3, -0.25) is 4.90 Å². The molecule has 2 aromatic carbocycles. The first-order chi connectivity index (χ1) is 13.5. The number of methoxy groups -OCH3 is 4. The Kier molecular flexibility index (Phi) is 8.05. The van der Waals surface area contributed by atoms with Crippen molar-refractivity contribution < 1.29 is 18.9 Å². The molecule has 0 saturated heterocycles. The molecule has 1 aliphatic rings. The van der Waals surface area contributed by atoms with E-state index in [2.05, 4.69) is 36.9 Å². The predicted octanol–water partition coefficient (Wildman–Crippen LogP) is 4.90. The largest absolute Gasteiger partial charge is 0.497 e. The standard InChI is InChI=1S/C23H31NO4.ClH/c1-15(2)20-14-24(13-17-9-18(25-3)7-8-21(17)26-4)12-16-10-22(27-5)23(28-6)11-19(16)20;/h7-11,15,20H,12-14H2,1-6H3;1H. The molecule has 1 atom stereocenters. The maximum absolute atomic E-state index is 5.58. The molecule has 1 heterocycles. The molecule has 6 heteroatoms. The Hall–Kier alpha value is -2.11. The number of halogens is 1. The van der Waals surface area contributed by atoms with Crippen LogP contribution in [-0.4, -0.2) is 39.9 Å². The van der Waals surface area contributed by atoms with Crippen LogP contribution < -0.4 is 18.9 Å². The summed E-state index contributed by atoms with van der Waals surface area (Å²) in [4.78, 5) is 2.47. The van der Waals surface area contributed by atoms with Gasteiger partial charge in [0.15, 0.2) is 11.5 Å². The second-order valence-electron chi connectivity index (χ2n) is 7.60. The number of hydrogen-bond donors (Lipinski definition) is 0. The van der Waals surface area contributed by atoms with Crippen LogP contribution in [0, 0.1) is 5.92 Å². The summed E-state index contributed by atoms with van der Waals surface area (Å²) in [6.45, 7) is 7.21. The average Bonchev–Trinajstić information content (AvgIpc) is 2.71. The van der Waals surface area contributed by atoms with Crippen molar-refractivity contribution in [2.45, 2.75) is 32.9 Å². The van der Waals surface area contributed by atoms with Crippen LogP contribution in [0.1, 0.15) is 36.5 Å². The summed E-state index contributed by atoms with van der Waals surface area (Å²) in [6, 6.07) is 10.2. The van der Waals surface area contributed by atoms with Crippen molar-refractivity contribution in [2.75, 3.05) is 35.0 Å². The van der Waals surface area contributed by atoms with Gasteiger partial charge in [0.25, 0.3) is 0 Å². The van der Waals surface area contributed by atoms with E-state index in [0.717, 1.165) is 48.2 Å². The topological polar surface area (TPSA) is 40.2 Å². The monoisotopic (exact) mass is 421 g/mol. The minimum absolute atomic E-state index is 0. The first kappa shape index (κ1) is 23.2. The van der Waals surface area contributed by atoms with E-state index in [4.69, 9.17) is 18.9 Å². The van der Waals surface area contributed by atoms with E-state index in [9.17, 15) is 0 Å². The highest BCUT2D eigenvalue weighted by Crippen LogP contribution is 2.41. The SMILES string of the molecule is COc1ccc(OC)c(CN2Cc3cc(OC)c(OC)cc3C(C(C)C)C2)c1.Cl. The summed E-state index contributed by atoms with van der Waals surface area (Å²) in [6.07, 6.45) is 0. The minimum Gasteiger partial charge on any atom is -0.497 e. The van der Waals surface area contributed by atoms with Crippen molar-refractivity contribution in [3.63, 3.8) is 0 Å². The molecule has 0 amide bonds. The van der Waals surface area contributed by atoms with Crippen LogP contribution in [0.15, 0.2) is 30.3 Å². The zero-order chi connectivity index (χ0) is 20.3. The number of hydrogen-bond acceptors (Lipinski definition) is 5. The van der Waals surface area contributed by atoms with E-state index < -0.39 is 0 Å². The Balaban J connectivity index is 0.00000300. The minimum atomic E-state index is 0. The molecular formula is C23H32ClNO4. The van der Waals surface area contributed by atoms with E-state index >= 15 is 0 Å².